The normalized spacial score (nSPS) is 12.7. The lowest BCUT2D eigenvalue weighted by Crippen LogP contribution is -2.12. The third-order valence-electron chi connectivity index (χ3n) is 3.26. The van der Waals surface area contributed by atoms with Crippen molar-refractivity contribution in [3.63, 3.8) is 0 Å². The fraction of sp³-hybridized carbons (Fsp3) is 0.250. The molecule has 2 aromatic rings. The van der Waals surface area contributed by atoms with Crippen LogP contribution in [0.1, 0.15) is 42.5 Å². The zero-order chi connectivity index (χ0) is 14.0. The summed E-state index contributed by atoms with van der Waals surface area (Å²) in [6.45, 7) is 4.34. The molecule has 0 radical (unpaired) electrons. The Labute approximate surface area is 124 Å². The third kappa shape index (κ3) is 3.30. The quantitative estimate of drug-likeness (QED) is 0.830. The minimum absolute atomic E-state index is 0.231. The topological polar surface area (TPSA) is 26.0 Å². The van der Waals surface area contributed by atoms with Crippen LogP contribution in [-0.4, -0.2) is 0 Å². The Kier molecular flexibility index (Phi) is 4.51. The molecule has 0 bridgehead atoms. The van der Waals surface area contributed by atoms with Crippen LogP contribution >= 0.6 is 23.2 Å². The van der Waals surface area contributed by atoms with Crippen LogP contribution in [0, 0.1) is 0 Å². The number of benzene rings is 2. The van der Waals surface area contributed by atoms with Gasteiger partial charge in [0.1, 0.15) is 0 Å². The van der Waals surface area contributed by atoms with Crippen molar-refractivity contribution in [3.8, 4) is 0 Å². The van der Waals surface area contributed by atoms with Crippen LogP contribution in [0.2, 0.25) is 10.0 Å². The summed E-state index contributed by atoms with van der Waals surface area (Å²) in [6.07, 6.45) is 0. The van der Waals surface area contributed by atoms with Crippen molar-refractivity contribution in [2.75, 3.05) is 0 Å². The van der Waals surface area contributed by atoms with Gasteiger partial charge < -0.3 is 5.73 Å². The van der Waals surface area contributed by atoms with Crippen molar-refractivity contribution in [2.24, 2.45) is 5.73 Å². The molecule has 0 spiro atoms. The van der Waals surface area contributed by atoms with E-state index in [9.17, 15) is 0 Å². The van der Waals surface area contributed by atoms with Crippen LogP contribution in [0.4, 0.5) is 0 Å². The van der Waals surface area contributed by atoms with Crippen LogP contribution in [-0.2, 0) is 0 Å². The average molecular weight is 294 g/mol. The highest BCUT2D eigenvalue weighted by atomic mass is 35.5. The van der Waals surface area contributed by atoms with Crippen LogP contribution in [0.15, 0.2) is 42.5 Å². The number of nitrogens with two attached hydrogens (primary N) is 1. The summed E-state index contributed by atoms with van der Waals surface area (Å²) in [5.74, 6) is 0.518. The Bertz CT molecular complexity index is 561. The summed E-state index contributed by atoms with van der Waals surface area (Å²) in [6, 6.07) is 13.5. The number of hydrogen-bond acceptors (Lipinski definition) is 1. The van der Waals surface area contributed by atoms with E-state index in [-0.39, 0.29) is 6.04 Å². The molecule has 0 aromatic heterocycles. The van der Waals surface area contributed by atoms with Gasteiger partial charge in [-0.3, -0.25) is 0 Å². The fourth-order valence-corrected chi connectivity index (χ4v) is 2.55. The molecule has 100 valence electrons. The second-order valence-electron chi connectivity index (χ2n) is 4.96. The molecule has 2 rings (SSSR count). The zero-order valence-electron chi connectivity index (χ0n) is 11.0. The number of rotatable bonds is 3. The van der Waals surface area contributed by atoms with E-state index in [0.717, 1.165) is 11.1 Å². The Morgan fingerprint density at radius 2 is 1.47 bits per heavy atom. The molecule has 0 saturated heterocycles. The van der Waals surface area contributed by atoms with Gasteiger partial charge in [0.25, 0.3) is 0 Å². The maximum Gasteiger partial charge on any atom is 0.0566 e. The number of halogens is 2. The molecule has 19 heavy (non-hydrogen) atoms. The van der Waals surface area contributed by atoms with Gasteiger partial charge in [-0.2, -0.15) is 0 Å². The van der Waals surface area contributed by atoms with Crippen molar-refractivity contribution in [1.29, 1.82) is 0 Å². The maximum atomic E-state index is 6.27. The molecule has 1 unspecified atom stereocenters. The molecule has 2 N–H and O–H groups in total. The molecular weight excluding hydrogens is 277 g/mol. The van der Waals surface area contributed by atoms with Gasteiger partial charge >= 0.3 is 0 Å². The summed E-state index contributed by atoms with van der Waals surface area (Å²) >= 11 is 12.1. The Morgan fingerprint density at radius 1 is 0.895 bits per heavy atom. The van der Waals surface area contributed by atoms with E-state index >= 15 is 0 Å². The summed E-state index contributed by atoms with van der Waals surface area (Å²) in [7, 11) is 0. The largest absolute Gasteiger partial charge is 0.320 e. The molecule has 0 aliphatic carbocycles. The Morgan fingerprint density at radius 3 is 2.00 bits per heavy atom. The van der Waals surface area contributed by atoms with Crippen LogP contribution in [0.5, 0.6) is 0 Å². The molecule has 3 heteroatoms. The first-order chi connectivity index (χ1) is 8.99. The number of hydrogen-bond donors (Lipinski definition) is 1. The minimum atomic E-state index is -0.231. The highest BCUT2D eigenvalue weighted by Crippen LogP contribution is 2.29. The SMILES string of the molecule is CC(C)c1ccc(C(N)c2ccc(Cl)cc2Cl)cc1. The van der Waals surface area contributed by atoms with E-state index in [0.29, 0.717) is 16.0 Å². The van der Waals surface area contributed by atoms with E-state index in [2.05, 4.69) is 38.1 Å². The highest BCUT2D eigenvalue weighted by molar-refractivity contribution is 6.35. The maximum absolute atomic E-state index is 6.27. The van der Waals surface area contributed by atoms with Gasteiger partial charge in [0.15, 0.2) is 0 Å². The van der Waals surface area contributed by atoms with Gasteiger partial charge in [-0.05, 0) is 34.7 Å². The van der Waals surface area contributed by atoms with Crippen LogP contribution in [0.3, 0.4) is 0 Å². The molecule has 0 aliphatic rings. The molecule has 0 saturated carbocycles. The van der Waals surface area contributed by atoms with E-state index in [1.54, 1.807) is 6.07 Å². The van der Waals surface area contributed by atoms with Crippen molar-refractivity contribution >= 4 is 23.2 Å². The predicted octanol–water partition coefficient (Wildman–Crippen LogP) is 5.16. The van der Waals surface area contributed by atoms with Gasteiger partial charge in [-0.15, -0.1) is 0 Å². The van der Waals surface area contributed by atoms with Crippen molar-refractivity contribution in [2.45, 2.75) is 25.8 Å². The molecule has 1 nitrogen and oxygen atoms in total. The summed E-state index contributed by atoms with van der Waals surface area (Å²) in [5, 5.41) is 1.23. The lowest BCUT2D eigenvalue weighted by atomic mass is 9.96. The van der Waals surface area contributed by atoms with Gasteiger partial charge in [0.05, 0.1) is 6.04 Å². The first-order valence-corrected chi connectivity index (χ1v) is 7.05. The van der Waals surface area contributed by atoms with E-state index in [1.807, 2.05) is 12.1 Å². The molecule has 0 fully saturated rings. The Hall–Kier alpha value is -1.02. The molecule has 0 heterocycles. The highest BCUT2D eigenvalue weighted by Gasteiger charge is 2.13. The van der Waals surface area contributed by atoms with Gasteiger partial charge in [0, 0.05) is 10.0 Å². The molecule has 0 amide bonds. The first kappa shape index (κ1) is 14.4. The van der Waals surface area contributed by atoms with Crippen molar-refractivity contribution < 1.29 is 0 Å². The van der Waals surface area contributed by atoms with E-state index in [1.165, 1.54) is 5.56 Å². The van der Waals surface area contributed by atoms with Crippen molar-refractivity contribution in [1.82, 2.24) is 0 Å². The summed E-state index contributed by atoms with van der Waals surface area (Å²) in [5.41, 5.74) is 9.51. The predicted molar refractivity (Wildman–Crippen MR) is 83.0 cm³/mol. The second-order valence-corrected chi connectivity index (χ2v) is 5.81. The monoisotopic (exact) mass is 293 g/mol. The standard InChI is InChI=1S/C16H17Cl2N/c1-10(2)11-3-5-12(6-4-11)16(19)14-8-7-13(17)9-15(14)18/h3-10,16H,19H2,1-2H3. The fourth-order valence-electron chi connectivity index (χ4n) is 2.02. The third-order valence-corrected chi connectivity index (χ3v) is 3.82. The lowest BCUT2D eigenvalue weighted by molar-refractivity contribution is 0.847. The molecule has 1 atom stereocenters. The van der Waals surface area contributed by atoms with Crippen LogP contribution < -0.4 is 5.73 Å². The molecule has 0 aliphatic heterocycles. The van der Waals surface area contributed by atoms with Gasteiger partial charge in [-0.1, -0.05) is 67.4 Å². The van der Waals surface area contributed by atoms with Crippen molar-refractivity contribution in [3.05, 3.63) is 69.2 Å². The molecule has 2 aromatic carbocycles. The average Bonchev–Trinajstić information content (AvgIpc) is 2.38. The molecular formula is C16H17Cl2N. The van der Waals surface area contributed by atoms with E-state index < -0.39 is 0 Å². The van der Waals surface area contributed by atoms with Gasteiger partial charge in [-0.25, -0.2) is 0 Å². The zero-order valence-corrected chi connectivity index (χ0v) is 12.5. The van der Waals surface area contributed by atoms with Gasteiger partial charge in [0.2, 0.25) is 0 Å². The smallest absolute Gasteiger partial charge is 0.0566 e. The van der Waals surface area contributed by atoms with E-state index in [4.69, 9.17) is 28.9 Å². The summed E-state index contributed by atoms with van der Waals surface area (Å²) in [4.78, 5) is 0. The second kappa shape index (κ2) is 5.96. The summed E-state index contributed by atoms with van der Waals surface area (Å²) < 4.78 is 0. The van der Waals surface area contributed by atoms with Crippen LogP contribution in [0.25, 0.3) is 0 Å². The Balaban J connectivity index is 2.30. The first-order valence-electron chi connectivity index (χ1n) is 6.29. The minimum Gasteiger partial charge on any atom is -0.320 e. The lowest BCUT2D eigenvalue weighted by Gasteiger charge is -2.15.